The predicted molar refractivity (Wildman–Crippen MR) is 119 cm³/mol. The van der Waals surface area contributed by atoms with Crippen LogP contribution in [0.1, 0.15) is 41.1 Å². The van der Waals surface area contributed by atoms with Crippen LogP contribution in [0.15, 0.2) is 36.7 Å². The summed E-state index contributed by atoms with van der Waals surface area (Å²) in [6.07, 6.45) is 3.69. The number of carbonyl (C=O) groups excluding carboxylic acids is 2. The summed E-state index contributed by atoms with van der Waals surface area (Å²) in [6, 6.07) is 7.42. The largest absolute Gasteiger partial charge is 0.396 e. The molecule has 1 aliphatic rings. The monoisotopic (exact) mass is 426 g/mol. The van der Waals surface area contributed by atoms with Gasteiger partial charge < -0.3 is 25.5 Å². The maximum Gasteiger partial charge on any atom is 0.272 e. The van der Waals surface area contributed by atoms with Gasteiger partial charge in [-0.05, 0) is 44.5 Å². The first kappa shape index (κ1) is 22.5. The molecular formula is C22H30N6O3. The molecular weight excluding hydrogens is 396 g/mol. The molecule has 2 amide bonds. The van der Waals surface area contributed by atoms with Gasteiger partial charge in [0.25, 0.3) is 11.8 Å². The Labute approximate surface area is 182 Å². The highest BCUT2D eigenvalue weighted by molar-refractivity contribution is 5.96. The molecule has 31 heavy (non-hydrogen) atoms. The highest BCUT2D eigenvalue weighted by Crippen LogP contribution is 2.24. The van der Waals surface area contributed by atoms with Gasteiger partial charge in [-0.2, -0.15) is 0 Å². The molecule has 1 saturated heterocycles. The van der Waals surface area contributed by atoms with Gasteiger partial charge in [-0.3, -0.25) is 14.6 Å². The normalized spacial score (nSPS) is 13.9. The van der Waals surface area contributed by atoms with E-state index >= 15 is 0 Å². The van der Waals surface area contributed by atoms with Gasteiger partial charge in [0.1, 0.15) is 5.69 Å². The number of nitrogens with one attached hydrogen (secondary N) is 2. The van der Waals surface area contributed by atoms with Gasteiger partial charge in [0.05, 0.1) is 11.3 Å². The molecule has 3 heterocycles. The van der Waals surface area contributed by atoms with E-state index in [1.54, 1.807) is 23.2 Å². The minimum absolute atomic E-state index is 0.0229. The number of aliphatic hydroxyl groups is 1. The van der Waals surface area contributed by atoms with Crippen molar-refractivity contribution in [1.82, 2.24) is 20.2 Å². The molecule has 9 heteroatoms. The number of aromatic nitrogens is 2. The first-order valence-electron chi connectivity index (χ1n) is 10.6. The van der Waals surface area contributed by atoms with E-state index in [1.165, 1.54) is 6.20 Å². The van der Waals surface area contributed by atoms with Gasteiger partial charge >= 0.3 is 0 Å². The predicted octanol–water partition coefficient (Wildman–Crippen LogP) is 1.37. The summed E-state index contributed by atoms with van der Waals surface area (Å²) < 4.78 is 0. The van der Waals surface area contributed by atoms with Gasteiger partial charge in [-0.15, -0.1) is 0 Å². The molecule has 166 valence electrons. The van der Waals surface area contributed by atoms with E-state index in [2.05, 4.69) is 39.3 Å². The van der Waals surface area contributed by atoms with Crippen molar-refractivity contribution in [3.63, 3.8) is 0 Å². The molecule has 3 rings (SSSR count). The average molecular weight is 427 g/mol. The summed E-state index contributed by atoms with van der Waals surface area (Å²) in [5.41, 5.74) is 1.70. The number of piperazine rings is 1. The SMILES string of the molecule is CC(C)Nc1cccnc1N1CCN(C(=O)c2ccc(C(=O)NCCCO)cn2)CC1. The summed E-state index contributed by atoms with van der Waals surface area (Å²) in [7, 11) is 0. The second kappa shape index (κ2) is 10.7. The highest BCUT2D eigenvalue weighted by atomic mass is 16.3. The second-order valence-electron chi connectivity index (χ2n) is 7.72. The molecule has 0 saturated carbocycles. The maximum atomic E-state index is 12.8. The van der Waals surface area contributed by atoms with Crippen LogP contribution < -0.4 is 15.5 Å². The molecule has 2 aromatic rings. The molecule has 3 N–H and O–H groups in total. The third kappa shape index (κ3) is 5.91. The minimum Gasteiger partial charge on any atom is -0.396 e. The zero-order chi connectivity index (χ0) is 22.2. The van der Waals surface area contributed by atoms with Crippen LogP contribution in [0, 0.1) is 0 Å². The molecule has 1 aliphatic heterocycles. The first-order valence-corrected chi connectivity index (χ1v) is 10.6. The zero-order valence-corrected chi connectivity index (χ0v) is 18.0. The van der Waals surface area contributed by atoms with Crippen LogP contribution >= 0.6 is 0 Å². The van der Waals surface area contributed by atoms with Crippen LogP contribution in [0.5, 0.6) is 0 Å². The first-order chi connectivity index (χ1) is 15.0. The minimum atomic E-state index is -0.269. The molecule has 9 nitrogen and oxygen atoms in total. The van der Waals surface area contributed by atoms with Crippen LogP contribution in [-0.2, 0) is 0 Å². The lowest BCUT2D eigenvalue weighted by Gasteiger charge is -2.36. The van der Waals surface area contributed by atoms with Crippen molar-refractivity contribution in [3.05, 3.63) is 47.9 Å². The van der Waals surface area contributed by atoms with Crippen LogP contribution in [0.2, 0.25) is 0 Å². The van der Waals surface area contributed by atoms with Crippen molar-refractivity contribution < 1.29 is 14.7 Å². The van der Waals surface area contributed by atoms with Crippen molar-refractivity contribution in [3.8, 4) is 0 Å². The van der Waals surface area contributed by atoms with Crippen molar-refractivity contribution in [2.75, 3.05) is 49.5 Å². The second-order valence-corrected chi connectivity index (χ2v) is 7.72. The fraction of sp³-hybridized carbons (Fsp3) is 0.455. The van der Waals surface area contributed by atoms with E-state index < -0.39 is 0 Å². The average Bonchev–Trinajstić information content (AvgIpc) is 2.79. The van der Waals surface area contributed by atoms with Crippen molar-refractivity contribution in [2.45, 2.75) is 26.3 Å². The van der Waals surface area contributed by atoms with Crippen molar-refractivity contribution in [2.24, 2.45) is 0 Å². The maximum absolute atomic E-state index is 12.8. The molecule has 1 fully saturated rings. The van der Waals surface area contributed by atoms with Gasteiger partial charge in [0.15, 0.2) is 5.82 Å². The Bertz CT molecular complexity index is 879. The van der Waals surface area contributed by atoms with Gasteiger partial charge in [-0.1, -0.05) is 0 Å². The smallest absolute Gasteiger partial charge is 0.272 e. The molecule has 0 spiro atoms. The van der Waals surface area contributed by atoms with E-state index in [0.29, 0.717) is 56.4 Å². The molecule has 0 bridgehead atoms. The summed E-state index contributed by atoms with van der Waals surface area (Å²) in [5.74, 6) is 0.487. The topological polar surface area (TPSA) is 111 Å². The summed E-state index contributed by atoms with van der Waals surface area (Å²) in [4.78, 5) is 37.5. The molecule has 0 aromatic carbocycles. The van der Waals surface area contributed by atoms with E-state index in [1.807, 2.05) is 12.1 Å². The third-order valence-electron chi connectivity index (χ3n) is 4.96. The molecule has 0 unspecified atom stereocenters. The quantitative estimate of drug-likeness (QED) is 0.547. The number of amides is 2. The number of aliphatic hydroxyl groups excluding tert-OH is 1. The van der Waals surface area contributed by atoms with Crippen LogP contribution in [0.4, 0.5) is 11.5 Å². The lowest BCUT2D eigenvalue weighted by molar-refractivity contribution is 0.0740. The standard InChI is InChI=1S/C22H30N6O3/c1-16(2)26-18-5-3-8-23-20(18)27-10-12-28(13-11-27)22(31)19-7-6-17(15-25-19)21(30)24-9-4-14-29/h3,5-8,15-16,26,29H,4,9-14H2,1-2H3,(H,24,30). The summed E-state index contributed by atoms with van der Waals surface area (Å²) in [6.45, 7) is 7.10. The Morgan fingerprint density at radius 1 is 1.13 bits per heavy atom. The van der Waals surface area contributed by atoms with E-state index in [0.717, 1.165) is 11.5 Å². The Balaban J connectivity index is 1.58. The lowest BCUT2D eigenvalue weighted by atomic mass is 10.2. The highest BCUT2D eigenvalue weighted by Gasteiger charge is 2.25. The fourth-order valence-corrected chi connectivity index (χ4v) is 3.39. The van der Waals surface area contributed by atoms with E-state index in [-0.39, 0.29) is 18.4 Å². The summed E-state index contributed by atoms with van der Waals surface area (Å²) in [5, 5.41) is 14.9. The Morgan fingerprint density at radius 2 is 1.90 bits per heavy atom. The Hall–Kier alpha value is -3.20. The number of carbonyl (C=O) groups is 2. The number of anilines is 2. The zero-order valence-electron chi connectivity index (χ0n) is 18.0. The van der Waals surface area contributed by atoms with Gasteiger partial charge in [-0.25, -0.2) is 4.98 Å². The Morgan fingerprint density at radius 3 is 2.55 bits per heavy atom. The van der Waals surface area contributed by atoms with Crippen molar-refractivity contribution in [1.29, 1.82) is 0 Å². The number of rotatable bonds is 8. The summed E-state index contributed by atoms with van der Waals surface area (Å²) >= 11 is 0. The fourth-order valence-electron chi connectivity index (χ4n) is 3.39. The van der Waals surface area contributed by atoms with E-state index in [4.69, 9.17) is 5.11 Å². The molecule has 0 radical (unpaired) electrons. The van der Waals surface area contributed by atoms with Gasteiger partial charge in [0.2, 0.25) is 0 Å². The molecule has 2 aromatic heterocycles. The molecule has 0 aliphatic carbocycles. The number of nitrogens with zero attached hydrogens (tertiary/aromatic N) is 4. The number of pyridine rings is 2. The molecule has 0 atom stereocenters. The number of hydrogen-bond acceptors (Lipinski definition) is 7. The van der Waals surface area contributed by atoms with Crippen molar-refractivity contribution >= 4 is 23.3 Å². The van der Waals surface area contributed by atoms with Crippen LogP contribution in [0.25, 0.3) is 0 Å². The van der Waals surface area contributed by atoms with E-state index in [9.17, 15) is 9.59 Å². The number of hydrogen-bond donors (Lipinski definition) is 3. The third-order valence-corrected chi connectivity index (χ3v) is 4.96. The van der Waals surface area contributed by atoms with Gasteiger partial charge in [0, 0.05) is 57.8 Å². The van der Waals surface area contributed by atoms with Crippen LogP contribution in [-0.4, -0.2) is 77.2 Å². The van der Waals surface area contributed by atoms with Crippen LogP contribution in [0.3, 0.4) is 0 Å². The lowest BCUT2D eigenvalue weighted by Crippen LogP contribution is -2.49. The Kier molecular flexibility index (Phi) is 7.77.